The van der Waals surface area contributed by atoms with Gasteiger partial charge in [0.15, 0.2) is 0 Å². The van der Waals surface area contributed by atoms with Crippen LogP contribution in [0.2, 0.25) is 0 Å². The van der Waals surface area contributed by atoms with Crippen molar-refractivity contribution >= 4 is 22.9 Å². The summed E-state index contributed by atoms with van der Waals surface area (Å²) < 4.78 is 0. The standard InChI is InChI=1S/C21H21NOS/c23-21(15-7-13-20-14-8-16-24-20)22(19-11-5-2-6-12-19)17-18-9-3-1-4-10-18/h1-6,8-12,14,16H,7,13,15,17H2. The third-order valence-electron chi connectivity index (χ3n) is 3.95. The lowest BCUT2D eigenvalue weighted by molar-refractivity contribution is -0.118. The molecule has 0 aliphatic rings. The van der Waals surface area contributed by atoms with Gasteiger partial charge in [0.05, 0.1) is 6.54 Å². The Labute approximate surface area is 147 Å². The van der Waals surface area contributed by atoms with Crippen LogP contribution >= 0.6 is 11.3 Å². The molecular weight excluding hydrogens is 314 g/mol. The number of carbonyl (C=O) groups is 1. The van der Waals surface area contributed by atoms with Crippen LogP contribution in [0.4, 0.5) is 5.69 Å². The Hall–Kier alpha value is -2.39. The molecule has 0 unspecified atom stereocenters. The second-order valence-electron chi connectivity index (χ2n) is 5.73. The van der Waals surface area contributed by atoms with Gasteiger partial charge in [0.25, 0.3) is 0 Å². The smallest absolute Gasteiger partial charge is 0.227 e. The van der Waals surface area contributed by atoms with Crippen LogP contribution in [0.3, 0.4) is 0 Å². The minimum absolute atomic E-state index is 0.182. The fraction of sp³-hybridized carbons (Fsp3) is 0.190. The molecular formula is C21H21NOS. The molecule has 0 spiro atoms. The summed E-state index contributed by atoms with van der Waals surface area (Å²) in [5.41, 5.74) is 2.11. The molecule has 2 nitrogen and oxygen atoms in total. The normalized spacial score (nSPS) is 10.5. The Morgan fingerprint density at radius 2 is 1.58 bits per heavy atom. The van der Waals surface area contributed by atoms with Crippen molar-refractivity contribution in [1.82, 2.24) is 0 Å². The van der Waals surface area contributed by atoms with Crippen molar-refractivity contribution in [2.45, 2.75) is 25.8 Å². The van der Waals surface area contributed by atoms with E-state index in [-0.39, 0.29) is 5.91 Å². The first-order valence-electron chi connectivity index (χ1n) is 8.24. The van der Waals surface area contributed by atoms with Crippen LogP contribution < -0.4 is 4.90 Å². The van der Waals surface area contributed by atoms with E-state index in [0.29, 0.717) is 13.0 Å². The molecule has 0 saturated carbocycles. The summed E-state index contributed by atoms with van der Waals surface area (Å²) in [7, 11) is 0. The number of anilines is 1. The van der Waals surface area contributed by atoms with E-state index in [0.717, 1.165) is 24.1 Å². The van der Waals surface area contributed by atoms with Gasteiger partial charge >= 0.3 is 0 Å². The molecule has 2 aromatic carbocycles. The first-order chi connectivity index (χ1) is 11.8. The number of thiophene rings is 1. The second-order valence-corrected chi connectivity index (χ2v) is 6.77. The monoisotopic (exact) mass is 335 g/mol. The molecule has 3 rings (SSSR count). The van der Waals surface area contributed by atoms with Crippen molar-refractivity contribution < 1.29 is 4.79 Å². The largest absolute Gasteiger partial charge is 0.308 e. The lowest BCUT2D eigenvalue weighted by Gasteiger charge is -2.23. The number of rotatable bonds is 7. The molecule has 0 saturated heterocycles. The number of hydrogen-bond acceptors (Lipinski definition) is 2. The van der Waals surface area contributed by atoms with E-state index in [2.05, 4.69) is 29.6 Å². The predicted octanol–water partition coefficient (Wildman–Crippen LogP) is 5.30. The van der Waals surface area contributed by atoms with Crippen LogP contribution in [0.15, 0.2) is 78.2 Å². The number of benzene rings is 2. The van der Waals surface area contributed by atoms with E-state index in [4.69, 9.17) is 0 Å². The Balaban J connectivity index is 1.68. The van der Waals surface area contributed by atoms with E-state index < -0.39 is 0 Å². The second kappa shape index (κ2) is 8.46. The van der Waals surface area contributed by atoms with Crippen LogP contribution in [-0.2, 0) is 17.8 Å². The van der Waals surface area contributed by atoms with E-state index in [9.17, 15) is 4.79 Å². The Morgan fingerprint density at radius 3 is 2.25 bits per heavy atom. The number of carbonyl (C=O) groups excluding carboxylic acids is 1. The molecule has 122 valence electrons. The van der Waals surface area contributed by atoms with Crippen molar-refractivity contribution in [2.24, 2.45) is 0 Å². The summed E-state index contributed by atoms with van der Waals surface area (Å²) in [6.07, 6.45) is 2.43. The third kappa shape index (κ3) is 4.56. The quantitative estimate of drug-likeness (QED) is 0.573. The Morgan fingerprint density at radius 1 is 0.875 bits per heavy atom. The summed E-state index contributed by atoms with van der Waals surface area (Å²) in [5, 5.41) is 2.09. The van der Waals surface area contributed by atoms with Gasteiger partial charge in [-0.15, -0.1) is 11.3 Å². The van der Waals surface area contributed by atoms with Crippen LogP contribution in [0.25, 0.3) is 0 Å². The van der Waals surface area contributed by atoms with Gasteiger partial charge in [0.1, 0.15) is 0 Å². The maximum absolute atomic E-state index is 12.8. The molecule has 3 heteroatoms. The average molecular weight is 335 g/mol. The number of para-hydroxylation sites is 1. The van der Waals surface area contributed by atoms with Crippen molar-refractivity contribution in [2.75, 3.05) is 4.90 Å². The zero-order valence-corrected chi connectivity index (χ0v) is 14.4. The van der Waals surface area contributed by atoms with Crippen molar-refractivity contribution in [3.05, 3.63) is 88.6 Å². The summed E-state index contributed by atoms with van der Waals surface area (Å²) >= 11 is 1.76. The number of hydrogen-bond donors (Lipinski definition) is 0. The molecule has 1 amide bonds. The van der Waals surface area contributed by atoms with Crippen molar-refractivity contribution in [3.8, 4) is 0 Å². The molecule has 0 atom stereocenters. The van der Waals surface area contributed by atoms with Crippen molar-refractivity contribution in [1.29, 1.82) is 0 Å². The number of amides is 1. The molecule has 24 heavy (non-hydrogen) atoms. The number of nitrogens with zero attached hydrogens (tertiary/aromatic N) is 1. The fourth-order valence-electron chi connectivity index (χ4n) is 2.70. The molecule has 0 fully saturated rings. The summed E-state index contributed by atoms with van der Waals surface area (Å²) in [6.45, 7) is 0.614. The average Bonchev–Trinajstić information content (AvgIpc) is 3.15. The van der Waals surface area contributed by atoms with Crippen LogP contribution in [0.1, 0.15) is 23.3 Å². The molecule has 3 aromatic rings. The van der Waals surface area contributed by atoms with Gasteiger partial charge in [0.2, 0.25) is 5.91 Å². The van der Waals surface area contributed by atoms with Gasteiger partial charge in [0, 0.05) is 17.0 Å². The molecule has 0 bridgehead atoms. The lowest BCUT2D eigenvalue weighted by atomic mass is 10.1. The molecule has 1 aromatic heterocycles. The molecule has 0 aliphatic carbocycles. The molecule has 0 N–H and O–H groups in total. The van der Waals surface area contributed by atoms with Crippen LogP contribution in [0.5, 0.6) is 0 Å². The highest BCUT2D eigenvalue weighted by molar-refractivity contribution is 7.09. The predicted molar refractivity (Wildman–Crippen MR) is 101 cm³/mol. The topological polar surface area (TPSA) is 20.3 Å². The highest BCUT2D eigenvalue weighted by atomic mass is 32.1. The maximum Gasteiger partial charge on any atom is 0.227 e. The Bertz CT molecular complexity index is 738. The lowest BCUT2D eigenvalue weighted by Crippen LogP contribution is -2.30. The zero-order valence-electron chi connectivity index (χ0n) is 13.6. The highest BCUT2D eigenvalue weighted by Crippen LogP contribution is 2.19. The van der Waals surface area contributed by atoms with E-state index in [1.54, 1.807) is 11.3 Å². The third-order valence-corrected chi connectivity index (χ3v) is 4.88. The van der Waals surface area contributed by atoms with Gasteiger partial charge in [-0.25, -0.2) is 0 Å². The van der Waals surface area contributed by atoms with Gasteiger partial charge < -0.3 is 4.90 Å². The van der Waals surface area contributed by atoms with E-state index in [1.165, 1.54) is 4.88 Å². The minimum atomic E-state index is 0.182. The first kappa shape index (κ1) is 16.5. The van der Waals surface area contributed by atoms with Gasteiger partial charge in [-0.2, -0.15) is 0 Å². The summed E-state index contributed by atoms with van der Waals surface area (Å²) in [6, 6.07) is 24.3. The van der Waals surface area contributed by atoms with Crippen LogP contribution in [-0.4, -0.2) is 5.91 Å². The van der Waals surface area contributed by atoms with Gasteiger partial charge in [-0.1, -0.05) is 54.6 Å². The SMILES string of the molecule is O=C(CCCc1cccs1)N(Cc1ccccc1)c1ccccc1. The zero-order chi connectivity index (χ0) is 16.6. The Kier molecular flexibility index (Phi) is 5.80. The van der Waals surface area contributed by atoms with Crippen molar-refractivity contribution in [3.63, 3.8) is 0 Å². The summed E-state index contributed by atoms with van der Waals surface area (Å²) in [4.78, 5) is 16.0. The molecule has 0 radical (unpaired) electrons. The maximum atomic E-state index is 12.8. The first-order valence-corrected chi connectivity index (χ1v) is 9.12. The highest BCUT2D eigenvalue weighted by Gasteiger charge is 2.15. The van der Waals surface area contributed by atoms with Gasteiger partial charge in [-0.05, 0) is 42.0 Å². The van der Waals surface area contributed by atoms with E-state index in [1.807, 2.05) is 53.4 Å². The minimum Gasteiger partial charge on any atom is -0.308 e. The summed E-state index contributed by atoms with van der Waals surface area (Å²) in [5.74, 6) is 0.182. The van der Waals surface area contributed by atoms with E-state index >= 15 is 0 Å². The van der Waals surface area contributed by atoms with Gasteiger partial charge in [-0.3, -0.25) is 4.79 Å². The molecule has 0 aliphatic heterocycles. The number of aryl methyl sites for hydroxylation is 1. The van der Waals surface area contributed by atoms with Crippen LogP contribution in [0, 0.1) is 0 Å². The molecule has 1 heterocycles. The fourth-order valence-corrected chi connectivity index (χ4v) is 3.45.